The van der Waals surface area contributed by atoms with Gasteiger partial charge in [-0.15, -0.1) is 11.3 Å². The van der Waals surface area contributed by atoms with E-state index < -0.39 is 4.92 Å². The zero-order valence-electron chi connectivity index (χ0n) is 13.6. The molecule has 1 aromatic heterocycles. The summed E-state index contributed by atoms with van der Waals surface area (Å²) in [6, 6.07) is 8.80. The van der Waals surface area contributed by atoms with Crippen molar-refractivity contribution >= 4 is 28.6 Å². The first kappa shape index (κ1) is 16.4. The third-order valence-corrected chi connectivity index (χ3v) is 5.28. The molecule has 0 spiro atoms. The molecule has 1 aliphatic rings. The van der Waals surface area contributed by atoms with Crippen molar-refractivity contribution in [1.29, 1.82) is 0 Å². The standard InChI is InChI=1S/C17H19N3O3S/c1-11(16-4-3-9-24-16)19(2)17(21)12-5-8-14(18-13-6-7-13)15(10-12)20(22)23/h3-5,8-11,13,18H,6-7H2,1-2H3/t11-/m0/s1. The molecule has 0 saturated heterocycles. The Labute approximate surface area is 144 Å². The molecule has 0 aliphatic heterocycles. The van der Waals surface area contributed by atoms with Crippen LogP contribution in [-0.2, 0) is 0 Å². The third kappa shape index (κ3) is 3.41. The molecule has 7 heteroatoms. The lowest BCUT2D eigenvalue weighted by atomic mass is 10.1. The van der Waals surface area contributed by atoms with Crippen LogP contribution in [0.5, 0.6) is 0 Å². The Bertz CT molecular complexity index is 756. The molecule has 0 radical (unpaired) electrons. The van der Waals surface area contributed by atoms with E-state index in [0.29, 0.717) is 17.3 Å². The normalized spacial score (nSPS) is 14.9. The van der Waals surface area contributed by atoms with Crippen molar-refractivity contribution in [3.63, 3.8) is 0 Å². The Morgan fingerprint density at radius 3 is 2.75 bits per heavy atom. The van der Waals surface area contributed by atoms with Crippen molar-refractivity contribution in [3.05, 3.63) is 56.3 Å². The summed E-state index contributed by atoms with van der Waals surface area (Å²) in [4.78, 5) is 26.3. The third-order valence-electron chi connectivity index (χ3n) is 4.23. The van der Waals surface area contributed by atoms with Gasteiger partial charge >= 0.3 is 0 Å². The second-order valence-corrected chi connectivity index (χ2v) is 6.99. The van der Waals surface area contributed by atoms with Crippen LogP contribution in [0.3, 0.4) is 0 Å². The quantitative estimate of drug-likeness (QED) is 0.633. The smallest absolute Gasteiger partial charge is 0.293 e. The fourth-order valence-electron chi connectivity index (χ4n) is 2.48. The molecular formula is C17H19N3O3S. The molecular weight excluding hydrogens is 326 g/mol. The molecule has 1 aromatic carbocycles. The molecule has 0 unspecified atom stereocenters. The topological polar surface area (TPSA) is 75.5 Å². The molecule has 3 rings (SSSR count). The number of hydrogen-bond acceptors (Lipinski definition) is 5. The Hall–Kier alpha value is -2.41. The van der Waals surface area contributed by atoms with Crippen LogP contribution in [0.15, 0.2) is 35.7 Å². The SMILES string of the molecule is C[C@@H](c1cccs1)N(C)C(=O)c1ccc(NC2CC2)c([N+](=O)[O-])c1. The Morgan fingerprint density at radius 1 is 1.42 bits per heavy atom. The number of amides is 1. The van der Waals surface area contributed by atoms with Gasteiger partial charge in [-0.2, -0.15) is 0 Å². The Morgan fingerprint density at radius 2 is 2.17 bits per heavy atom. The molecule has 24 heavy (non-hydrogen) atoms. The lowest BCUT2D eigenvalue weighted by Crippen LogP contribution is -2.29. The summed E-state index contributed by atoms with van der Waals surface area (Å²) in [6.07, 6.45) is 2.05. The number of nitro groups is 1. The van der Waals surface area contributed by atoms with E-state index in [0.717, 1.165) is 17.7 Å². The van der Waals surface area contributed by atoms with Crippen LogP contribution < -0.4 is 5.32 Å². The van der Waals surface area contributed by atoms with Crippen molar-refractivity contribution in [3.8, 4) is 0 Å². The number of carbonyl (C=O) groups is 1. The number of nitro benzene ring substituents is 1. The summed E-state index contributed by atoms with van der Waals surface area (Å²) in [5.41, 5.74) is 0.756. The van der Waals surface area contributed by atoms with Gasteiger partial charge < -0.3 is 10.2 Å². The average molecular weight is 345 g/mol. The molecule has 1 fully saturated rings. The largest absolute Gasteiger partial charge is 0.377 e. The number of anilines is 1. The number of carbonyl (C=O) groups excluding carboxylic acids is 1. The summed E-state index contributed by atoms with van der Waals surface area (Å²) in [7, 11) is 1.72. The highest BCUT2D eigenvalue weighted by Gasteiger charge is 2.27. The van der Waals surface area contributed by atoms with Gasteiger partial charge in [0.05, 0.1) is 11.0 Å². The highest BCUT2D eigenvalue weighted by molar-refractivity contribution is 7.10. The van der Waals surface area contributed by atoms with E-state index >= 15 is 0 Å². The molecule has 1 saturated carbocycles. The number of thiophene rings is 1. The summed E-state index contributed by atoms with van der Waals surface area (Å²) in [6.45, 7) is 1.95. The summed E-state index contributed by atoms with van der Waals surface area (Å²) >= 11 is 1.58. The molecule has 1 heterocycles. The van der Waals surface area contributed by atoms with Gasteiger partial charge in [0.1, 0.15) is 5.69 Å². The molecule has 1 amide bonds. The number of nitrogens with zero attached hydrogens (tertiary/aromatic N) is 2. The second-order valence-electron chi connectivity index (χ2n) is 6.02. The molecule has 0 bridgehead atoms. The average Bonchev–Trinajstić information content (AvgIpc) is 3.22. The van der Waals surface area contributed by atoms with Gasteiger partial charge in [-0.3, -0.25) is 14.9 Å². The summed E-state index contributed by atoms with van der Waals surface area (Å²) in [5.74, 6) is -0.225. The van der Waals surface area contributed by atoms with Crippen molar-refractivity contribution in [1.82, 2.24) is 4.90 Å². The van der Waals surface area contributed by atoms with Crippen molar-refractivity contribution in [2.75, 3.05) is 12.4 Å². The molecule has 2 aromatic rings. The van der Waals surface area contributed by atoms with E-state index in [1.54, 1.807) is 35.4 Å². The summed E-state index contributed by atoms with van der Waals surface area (Å²) in [5, 5.41) is 16.4. The van der Waals surface area contributed by atoms with Crippen LogP contribution in [-0.4, -0.2) is 28.8 Å². The highest BCUT2D eigenvalue weighted by atomic mass is 32.1. The van der Waals surface area contributed by atoms with E-state index in [-0.39, 0.29) is 17.6 Å². The van der Waals surface area contributed by atoms with E-state index in [2.05, 4.69) is 5.32 Å². The maximum atomic E-state index is 12.7. The molecule has 1 N–H and O–H groups in total. The van der Waals surface area contributed by atoms with Crippen LogP contribution in [0.25, 0.3) is 0 Å². The van der Waals surface area contributed by atoms with Crippen LogP contribution in [0.4, 0.5) is 11.4 Å². The lowest BCUT2D eigenvalue weighted by Gasteiger charge is -2.24. The van der Waals surface area contributed by atoms with Gasteiger partial charge in [-0.05, 0) is 43.3 Å². The maximum absolute atomic E-state index is 12.7. The van der Waals surface area contributed by atoms with Gasteiger partial charge in [0.15, 0.2) is 0 Å². The van der Waals surface area contributed by atoms with Crippen molar-refractivity contribution in [2.45, 2.75) is 31.8 Å². The zero-order valence-corrected chi connectivity index (χ0v) is 14.4. The predicted octanol–water partition coefficient (Wildman–Crippen LogP) is 4.06. The van der Waals surface area contributed by atoms with E-state index in [9.17, 15) is 14.9 Å². The van der Waals surface area contributed by atoms with Gasteiger partial charge in [-0.25, -0.2) is 0 Å². The van der Waals surface area contributed by atoms with E-state index in [1.165, 1.54) is 6.07 Å². The van der Waals surface area contributed by atoms with Crippen molar-refractivity contribution < 1.29 is 9.72 Å². The minimum absolute atomic E-state index is 0.0510. The van der Waals surface area contributed by atoms with Crippen LogP contribution in [0.2, 0.25) is 0 Å². The Balaban J connectivity index is 1.83. The highest BCUT2D eigenvalue weighted by Crippen LogP contribution is 2.32. The van der Waals surface area contributed by atoms with E-state index in [4.69, 9.17) is 0 Å². The van der Waals surface area contributed by atoms with Gasteiger partial charge in [0, 0.05) is 29.6 Å². The Kier molecular flexibility index (Phi) is 4.53. The number of rotatable bonds is 6. The second kappa shape index (κ2) is 6.60. The van der Waals surface area contributed by atoms with Gasteiger partial charge in [0.25, 0.3) is 11.6 Å². The van der Waals surface area contributed by atoms with E-state index in [1.807, 2.05) is 24.4 Å². The predicted molar refractivity (Wildman–Crippen MR) is 94.6 cm³/mol. The molecule has 6 nitrogen and oxygen atoms in total. The molecule has 1 aliphatic carbocycles. The van der Waals surface area contributed by atoms with Gasteiger partial charge in [-0.1, -0.05) is 6.07 Å². The number of benzene rings is 1. The first-order valence-electron chi connectivity index (χ1n) is 7.83. The summed E-state index contributed by atoms with van der Waals surface area (Å²) < 4.78 is 0. The maximum Gasteiger partial charge on any atom is 0.293 e. The fraction of sp³-hybridized carbons (Fsp3) is 0.353. The van der Waals surface area contributed by atoms with Gasteiger partial charge in [0.2, 0.25) is 0 Å². The lowest BCUT2D eigenvalue weighted by molar-refractivity contribution is -0.384. The van der Waals surface area contributed by atoms with Crippen LogP contribution in [0, 0.1) is 10.1 Å². The number of hydrogen-bond donors (Lipinski definition) is 1. The molecule has 1 atom stereocenters. The van der Waals surface area contributed by atoms with Crippen molar-refractivity contribution in [2.24, 2.45) is 0 Å². The van der Waals surface area contributed by atoms with Crippen LogP contribution >= 0.6 is 11.3 Å². The number of nitrogens with one attached hydrogen (secondary N) is 1. The monoisotopic (exact) mass is 345 g/mol. The van der Waals surface area contributed by atoms with Crippen LogP contribution in [0.1, 0.15) is 41.0 Å². The first-order chi connectivity index (χ1) is 11.5. The molecule has 126 valence electrons. The minimum atomic E-state index is -0.440. The fourth-order valence-corrected chi connectivity index (χ4v) is 3.31. The minimum Gasteiger partial charge on any atom is -0.377 e. The zero-order chi connectivity index (χ0) is 17.3. The first-order valence-corrected chi connectivity index (χ1v) is 8.71.